The number of carbonyl (C=O) groups is 1. The molecule has 1 aromatic carbocycles. The van der Waals surface area contributed by atoms with Gasteiger partial charge in [-0.25, -0.2) is 0 Å². The molecule has 0 aliphatic rings. The van der Waals surface area contributed by atoms with Gasteiger partial charge in [0.1, 0.15) is 10.8 Å². The number of pyridine rings is 1. The fraction of sp³-hybridized carbons (Fsp3) is 0.143. The molecule has 6 heteroatoms. The van der Waals surface area contributed by atoms with Crippen LogP contribution in [0.3, 0.4) is 0 Å². The first-order valence-corrected chi connectivity index (χ1v) is 6.23. The highest BCUT2D eigenvalue weighted by Crippen LogP contribution is 2.25. The van der Waals surface area contributed by atoms with Gasteiger partial charge in [0.15, 0.2) is 0 Å². The Morgan fingerprint density at radius 1 is 1.35 bits per heavy atom. The maximum absolute atomic E-state index is 12.1. The molecule has 0 unspecified atom stereocenters. The largest absolute Gasteiger partial charge is 0.495 e. The Morgan fingerprint density at radius 2 is 2.10 bits per heavy atom. The summed E-state index contributed by atoms with van der Waals surface area (Å²) in [5.74, 6) is 0.173. The average Bonchev–Trinajstić information content (AvgIpc) is 2.42. The predicted octanol–water partition coefficient (Wildman–Crippen LogP) is 2.60. The number of halogens is 1. The second-order valence-corrected chi connectivity index (χ2v) is 4.63. The zero-order valence-electron chi connectivity index (χ0n) is 11.0. The molecule has 104 valence electrons. The van der Waals surface area contributed by atoms with Gasteiger partial charge in [-0.15, -0.1) is 0 Å². The summed E-state index contributed by atoms with van der Waals surface area (Å²) in [4.78, 5) is 25.7. The Kier molecular flexibility index (Phi) is 4.10. The topological polar surface area (TPSA) is 71.2 Å². The van der Waals surface area contributed by atoms with Crippen molar-refractivity contribution >= 4 is 23.2 Å². The Bertz CT molecular complexity index is 710. The van der Waals surface area contributed by atoms with Crippen molar-refractivity contribution in [2.45, 2.75) is 6.92 Å². The average molecular weight is 293 g/mol. The SMILES string of the molecule is COc1ccc(C)cc1NC(=O)c1c[nH]c(=O)c(Cl)c1. The first-order chi connectivity index (χ1) is 9.51. The van der Waals surface area contributed by atoms with Crippen LogP contribution in [0.5, 0.6) is 5.75 Å². The number of amides is 1. The molecule has 2 aromatic rings. The number of H-pyrrole nitrogens is 1. The van der Waals surface area contributed by atoms with E-state index >= 15 is 0 Å². The van der Waals surface area contributed by atoms with Crippen LogP contribution in [-0.4, -0.2) is 18.0 Å². The van der Waals surface area contributed by atoms with Gasteiger partial charge < -0.3 is 15.0 Å². The lowest BCUT2D eigenvalue weighted by Gasteiger charge is -2.11. The lowest BCUT2D eigenvalue weighted by atomic mass is 10.2. The fourth-order valence-electron chi connectivity index (χ4n) is 1.70. The van der Waals surface area contributed by atoms with Gasteiger partial charge in [0.05, 0.1) is 18.4 Å². The number of rotatable bonds is 3. The lowest BCUT2D eigenvalue weighted by molar-refractivity contribution is 0.102. The van der Waals surface area contributed by atoms with E-state index in [1.54, 1.807) is 12.1 Å². The van der Waals surface area contributed by atoms with Crippen molar-refractivity contribution in [3.8, 4) is 5.75 Å². The molecule has 0 saturated carbocycles. The number of anilines is 1. The zero-order valence-corrected chi connectivity index (χ0v) is 11.7. The standard InChI is InChI=1S/C14H13ClN2O3/c1-8-3-4-12(20-2)11(5-8)17-13(18)9-6-10(15)14(19)16-7-9/h3-7H,1-2H3,(H,16,19)(H,17,18). The molecule has 2 N–H and O–H groups in total. The summed E-state index contributed by atoms with van der Waals surface area (Å²) in [7, 11) is 1.52. The summed E-state index contributed by atoms with van der Waals surface area (Å²) in [5, 5.41) is 2.69. The number of carbonyl (C=O) groups excluding carboxylic acids is 1. The molecule has 0 atom stereocenters. The molecular formula is C14H13ClN2O3. The highest BCUT2D eigenvalue weighted by molar-refractivity contribution is 6.30. The molecule has 0 radical (unpaired) electrons. The third-order valence-corrected chi connectivity index (χ3v) is 3.00. The molecule has 0 aliphatic heterocycles. The van der Waals surface area contributed by atoms with Crippen molar-refractivity contribution in [2.24, 2.45) is 0 Å². The van der Waals surface area contributed by atoms with Crippen molar-refractivity contribution in [1.29, 1.82) is 0 Å². The fourth-order valence-corrected chi connectivity index (χ4v) is 1.87. The van der Waals surface area contributed by atoms with Gasteiger partial charge in [-0.05, 0) is 30.7 Å². The molecular weight excluding hydrogens is 280 g/mol. The predicted molar refractivity (Wildman–Crippen MR) is 77.8 cm³/mol. The Labute approximate surface area is 120 Å². The minimum atomic E-state index is -0.434. The Morgan fingerprint density at radius 3 is 2.75 bits per heavy atom. The van der Waals surface area contributed by atoms with Crippen LogP contribution in [0.1, 0.15) is 15.9 Å². The molecule has 0 bridgehead atoms. The summed E-state index contributed by atoms with van der Waals surface area (Å²) >= 11 is 5.70. The van der Waals surface area contributed by atoms with Crippen molar-refractivity contribution in [3.63, 3.8) is 0 Å². The first kappa shape index (κ1) is 14.1. The summed E-state index contributed by atoms with van der Waals surface area (Å²) in [6.07, 6.45) is 1.31. The molecule has 1 aromatic heterocycles. The molecule has 0 spiro atoms. The summed E-state index contributed by atoms with van der Waals surface area (Å²) < 4.78 is 5.18. The van der Waals surface area contributed by atoms with Crippen LogP contribution < -0.4 is 15.6 Å². The summed E-state index contributed by atoms with van der Waals surface area (Å²) in [5.41, 5.74) is 1.37. The lowest BCUT2D eigenvalue weighted by Crippen LogP contribution is -2.16. The minimum Gasteiger partial charge on any atom is -0.495 e. The smallest absolute Gasteiger partial charge is 0.266 e. The van der Waals surface area contributed by atoms with Gasteiger partial charge in [0.25, 0.3) is 11.5 Å². The van der Waals surface area contributed by atoms with Crippen LogP contribution in [0.4, 0.5) is 5.69 Å². The van der Waals surface area contributed by atoms with E-state index in [1.807, 2.05) is 13.0 Å². The normalized spacial score (nSPS) is 10.2. The van der Waals surface area contributed by atoms with Gasteiger partial charge in [-0.3, -0.25) is 9.59 Å². The number of aryl methyl sites for hydroxylation is 1. The number of hydrogen-bond acceptors (Lipinski definition) is 3. The monoisotopic (exact) mass is 292 g/mol. The van der Waals surface area contributed by atoms with Crippen molar-refractivity contribution in [1.82, 2.24) is 4.98 Å². The molecule has 5 nitrogen and oxygen atoms in total. The highest BCUT2D eigenvalue weighted by Gasteiger charge is 2.11. The van der Waals surface area contributed by atoms with Crippen LogP contribution in [0, 0.1) is 6.92 Å². The number of hydrogen-bond donors (Lipinski definition) is 2. The second kappa shape index (κ2) is 5.79. The van der Waals surface area contributed by atoms with E-state index in [2.05, 4.69) is 10.3 Å². The van der Waals surface area contributed by atoms with Crippen LogP contribution in [0.25, 0.3) is 0 Å². The number of methoxy groups -OCH3 is 1. The van der Waals surface area contributed by atoms with Crippen molar-refractivity contribution in [3.05, 3.63) is 57.0 Å². The van der Waals surface area contributed by atoms with Crippen molar-refractivity contribution in [2.75, 3.05) is 12.4 Å². The van der Waals surface area contributed by atoms with Gasteiger partial charge >= 0.3 is 0 Å². The third kappa shape index (κ3) is 3.00. The maximum Gasteiger partial charge on any atom is 0.266 e. The summed E-state index contributed by atoms with van der Waals surface area (Å²) in [6.45, 7) is 1.91. The van der Waals surface area contributed by atoms with Crippen LogP contribution in [-0.2, 0) is 0 Å². The molecule has 1 amide bonds. The van der Waals surface area contributed by atoms with Gasteiger partial charge in [-0.2, -0.15) is 0 Å². The van der Waals surface area contributed by atoms with E-state index in [-0.39, 0.29) is 16.5 Å². The molecule has 0 aliphatic carbocycles. The number of benzene rings is 1. The van der Waals surface area contributed by atoms with E-state index in [9.17, 15) is 9.59 Å². The van der Waals surface area contributed by atoms with E-state index in [0.29, 0.717) is 11.4 Å². The molecule has 0 saturated heterocycles. The Balaban J connectivity index is 2.29. The molecule has 20 heavy (non-hydrogen) atoms. The molecule has 1 heterocycles. The van der Waals surface area contributed by atoms with Crippen LogP contribution in [0.15, 0.2) is 35.3 Å². The number of ether oxygens (including phenoxy) is 1. The second-order valence-electron chi connectivity index (χ2n) is 4.22. The summed E-state index contributed by atoms with van der Waals surface area (Å²) in [6, 6.07) is 6.76. The zero-order chi connectivity index (χ0) is 14.7. The van der Waals surface area contributed by atoms with E-state index in [4.69, 9.17) is 16.3 Å². The van der Waals surface area contributed by atoms with E-state index in [0.717, 1.165) is 5.56 Å². The number of aromatic amines is 1. The van der Waals surface area contributed by atoms with Gasteiger partial charge in [0.2, 0.25) is 0 Å². The van der Waals surface area contributed by atoms with Crippen LogP contribution >= 0.6 is 11.6 Å². The quantitative estimate of drug-likeness (QED) is 0.913. The van der Waals surface area contributed by atoms with Crippen molar-refractivity contribution < 1.29 is 9.53 Å². The van der Waals surface area contributed by atoms with Crippen LogP contribution in [0.2, 0.25) is 5.02 Å². The maximum atomic E-state index is 12.1. The van der Waals surface area contributed by atoms with Gasteiger partial charge in [0, 0.05) is 6.20 Å². The van der Waals surface area contributed by atoms with Gasteiger partial charge in [-0.1, -0.05) is 17.7 Å². The molecule has 2 rings (SSSR count). The number of aromatic nitrogens is 1. The Hall–Kier alpha value is -2.27. The van der Waals surface area contributed by atoms with E-state index in [1.165, 1.54) is 19.4 Å². The van der Waals surface area contributed by atoms with E-state index < -0.39 is 5.56 Å². The third-order valence-electron chi connectivity index (χ3n) is 2.72. The number of nitrogens with one attached hydrogen (secondary N) is 2. The first-order valence-electron chi connectivity index (χ1n) is 5.85. The molecule has 0 fully saturated rings. The minimum absolute atomic E-state index is 0.0335. The highest BCUT2D eigenvalue weighted by atomic mass is 35.5.